The Hall–Kier alpha value is -2.57. The summed E-state index contributed by atoms with van der Waals surface area (Å²) in [6, 6.07) is 8.52. The van der Waals surface area contributed by atoms with Crippen LogP contribution >= 0.6 is 0 Å². The predicted octanol–water partition coefficient (Wildman–Crippen LogP) is 4.24. The van der Waals surface area contributed by atoms with E-state index in [1.165, 1.54) is 0 Å². The van der Waals surface area contributed by atoms with Crippen molar-refractivity contribution in [1.82, 2.24) is 19.8 Å². The van der Waals surface area contributed by atoms with Gasteiger partial charge in [-0.25, -0.2) is 9.78 Å². The van der Waals surface area contributed by atoms with Crippen LogP contribution < -0.4 is 5.32 Å². The number of fused-ring (bicyclic) bond motifs is 1. The van der Waals surface area contributed by atoms with Gasteiger partial charge in [0, 0.05) is 38.0 Å². The number of carbonyl (C=O) groups excluding carboxylic acids is 2. The van der Waals surface area contributed by atoms with Gasteiger partial charge >= 0.3 is 6.09 Å². The highest BCUT2D eigenvalue weighted by Gasteiger charge is 2.29. The van der Waals surface area contributed by atoms with Crippen LogP contribution in [-0.2, 0) is 9.53 Å². The third-order valence-electron chi connectivity index (χ3n) is 5.29. The Bertz CT molecular complexity index is 897. The molecule has 1 unspecified atom stereocenters. The fraction of sp³-hybridized carbons (Fsp3) is 0.609. The first-order valence-electron chi connectivity index (χ1n) is 10.9. The fourth-order valence-corrected chi connectivity index (χ4v) is 4.05. The Balaban J connectivity index is 1.63. The monoisotopic (exact) mass is 414 g/mol. The summed E-state index contributed by atoms with van der Waals surface area (Å²) in [7, 11) is 0. The average molecular weight is 415 g/mol. The van der Waals surface area contributed by atoms with Crippen LogP contribution in [0.4, 0.5) is 4.79 Å². The number of aromatic nitrogens is 2. The number of ether oxygens (including phenoxy) is 1. The van der Waals surface area contributed by atoms with Gasteiger partial charge in [-0.1, -0.05) is 12.1 Å². The molecule has 1 aromatic carbocycles. The van der Waals surface area contributed by atoms with Gasteiger partial charge in [0.05, 0.1) is 11.0 Å². The molecule has 0 saturated carbocycles. The number of benzene rings is 1. The third kappa shape index (κ3) is 5.32. The summed E-state index contributed by atoms with van der Waals surface area (Å²) in [5, 5.41) is 2.67. The minimum atomic E-state index is -0.546. The first-order chi connectivity index (χ1) is 14.2. The lowest BCUT2D eigenvalue weighted by molar-refractivity contribution is -0.132. The molecule has 1 saturated heterocycles. The summed E-state index contributed by atoms with van der Waals surface area (Å²) in [4.78, 5) is 31.3. The van der Waals surface area contributed by atoms with Crippen LogP contribution in [0.25, 0.3) is 11.0 Å². The molecule has 1 N–H and O–H groups in total. The van der Waals surface area contributed by atoms with E-state index in [0.717, 1.165) is 36.2 Å². The van der Waals surface area contributed by atoms with Crippen molar-refractivity contribution in [1.29, 1.82) is 0 Å². The summed E-state index contributed by atoms with van der Waals surface area (Å²) in [6.07, 6.45) is 1.76. The minimum absolute atomic E-state index is 0.0583. The van der Waals surface area contributed by atoms with Crippen molar-refractivity contribution in [3.8, 4) is 0 Å². The second-order valence-electron chi connectivity index (χ2n) is 9.28. The standard InChI is InChI=1S/C23H34N4O3/c1-16(2)27-19-11-7-6-10-18(19)25-21(27)17-9-8-14-26(15-17)20(28)12-13-24-22(29)30-23(3,4)5/h6-7,10-11,16-17H,8-9,12-15H2,1-5H3,(H,24,29). The molecule has 2 heterocycles. The molecule has 7 nitrogen and oxygen atoms in total. The molecule has 0 aliphatic carbocycles. The summed E-state index contributed by atoms with van der Waals surface area (Å²) in [5.74, 6) is 1.34. The summed E-state index contributed by atoms with van der Waals surface area (Å²) < 4.78 is 7.52. The van der Waals surface area contributed by atoms with Gasteiger partial charge in [-0.05, 0) is 59.6 Å². The first-order valence-corrected chi connectivity index (χ1v) is 10.9. The number of carbonyl (C=O) groups is 2. The van der Waals surface area contributed by atoms with E-state index in [9.17, 15) is 9.59 Å². The normalized spacial score (nSPS) is 17.4. The van der Waals surface area contributed by atoms with Crippen molar-refractivity contribution in [2.24, 2.45) is 0 Å². The lowest BCUT2D eigenvalue weighted by Gasteiger charge is -2.33. The second kappa shape index (κ2) is 9.06. The average Bonchev–Trinajstić information content (AvgIpc) is 3.06. The predicted molar refractivity (Wildman–Crippen MR) is 118 cm³/mol. The van der Waals surface area contributed by atoms with Crippen molar-refractivity contribution in [2.45, 2.75) is 71.4 Å². The number of hydrogen-bond acceptors (Lipinski definition) is 4. The van der Waals surface area contributed by atoms with Gasteiger partial charge in [0.1, 0.15) is 11.4 Å². The van der Waals surface area contributed by atoms with E-state index < -0.39 is 11.7 Å². The van der Waals surface area contributed by atoms with E-state index in [1.807, 2.05) is 43.9 Å². The van der Waals surface area contributed by atoms with Gasteiger partial charge in [0.15, 0.2) is 0 Å². The highest BCUT2D eigenvalue weighted by molar-refractivity contribution is 5.78. The highest BCUT2D eigenvalue weighted by atomic mass is 16.6. The van der Waals surface area contributed by atoms with Crippen LogP contribution in [0, 0.1) is 0 Å². The van der Waals surface area contributed by atoms with Gasteiger partial charge in [0.2, 0.25) is 5.91 Å². The number of likely N-dealkylation sites (tertiary alicyclic amines) is 1. The molecule has 1 atom stereocenters. The molecule has 1 aromatic heterocycles. The molecular weight excluding hydrogens is 380 g/mol. The molecule has 1 aliphatic rings. The number of para-hydroxylation sites is 2. The Morgan fingerprint density at radius 2 is 2.00 bits per heavy atom. The Morgan fingerprint density at radius 1 is 1.27 bits per heavy atom. The maximum Gasteiger partial charge on any atom is 0.407 e. The number of nitrogens with one attached hydrogen (secondary N) is 1. The van der Waals surface area contributed by atoms with Crippen LogP contribution in [-0.4, -0.2) is 51.7 Å². The van der Waals surface area contributed by atoms with Crippen LogP contribution in [0.5, 0.6) is 0 Å². The summed E-state index contributed by atoms with van der Waals surface area (Å²) >= 11 is 0. The van der Waals surface area contributed by atoms with Crippen LogP contribution in [0.3, 0.4) is 0 Å². The van der Waals surface area contributed by atoms with E-state index in [0.29, 0.717) is 12.6 Å². The fourth-order valence-electron chi connectivity index (χ4n) is 4.05. The van der Waals surface area contributed by atoms with Crippen molar-refractivity contribution in [3.05, 3.63) is 30.1 Å². The summed E-state index contributed by atoms with van der Waals surface area (Å²) in [6.45, 7) is 11.5. The number of imidazole rings is 1. The smallest absolute Gasteiger partial charge is 0.407 e. The van der Waals surface area contributed by atoms with Crippen LogP contribution in [0.2, 0.25) is 0 Å². The number of alkyl carbamates (subject to hydrolysis) is 1. The van der Waals surface area contributed by atoms with Crippen molar-refractivity contribution < 1.29 is 14.3 Å². The molecule has 2 aromatic rings. The molecule has 0 bridgehead atoms. The number of amides is 2. The Kier molecular flexibility index (Phi) is 6.68. The molecule has 2 amide bonds. The second-order valence-corrected chi connectivity index (χ2v) is 9.28. The summed E-state index contributed by atoms with van der Waals surface area (Å²) in [5.41, 5.74) is 1.61. The molecular formula is C23H34N4O3. The molecule has 1 fully saturated rings. The van der Waals surface area contributed by atoms with Crippen molar-refractivity contribution in [2.75, 3.05) is 19.6 Å². The maximum atomic E-state index is 12.7. The van der Waals surface area contributed by atoms with E-state index >= 15 is 0 Å². The Morgan fingerprint density at radius 3 is 2.70 bits per heavy atom. The lowest BCUT2D eigenvalue weighted by atomic mass is 9.96. The molecule has 7 heteroatoms. The largest absolute Gasteiger partial charge is 0.444 e. The molecule has 1 aliphatic heterocycles. The van der Waals surface area contributed by atoms with Gasteiger partial charge < -0.3 is 19.5 Å². The van der Waals surface area contributed by atoms with Gasteiger partial charge in [-0.3, -0.25) is 4.79 Å². The quantitative estimate of drug-likeness (QED) is 0.794. The minimum Gasteiger partial charge on any atom is -0.444 e. The van der Waals surface area contributed by atoms with Gasteiger partial charge in [-0.15, -0.1) is 0 Å². The van der Waals surface area contributed by atoms with E-state index in [2.05, 4.69) is 29.8 Å². The number of hydrogen-bond donors (Lipinski definition) is 1. The first kappa shape index (κ1) is 22.1. The van der Waals surface area contributed by atoms with E-state index in [-0.39, 0.29) is 24.8 Å². The van der Waals surface area contributed by atoms with Crippen molar-refractivity contribution >= 4 is 23.0 Å². The maximum absolute atomic E-state index is 12.7. The SMILES string of the molecule is CC(C)n1c(C2CCCN(C(=O)CCNC(=O)OC(C)(C)C)C2)nc2ccccc21. The zero-order chi connectivity index (χ0) is 21.9. The number of rotatable bonds is 5. The molecule has 0 radical (unpaired) electrons. The van der Waals surface area contributed by atoms with Crippen LogP contribution in [0.15, 0.2) is 24.3 Å². The zero-order valence-corrected chi connectivity index (χ0v) is 18.8. The van der Waals surface area contributed by atoms with Gasteiger partial charge in [0.25, 0.3) is 0 Å². The molecule has 30 heavy (non-hydrogen) atoms. The van der Waals surface area contributed by atoms with E-state index in [4.69, 9.17) is 9.72 Å². The van der Waals surface area contributed by atoms with Gasteiger partial charge in [-0.2, -0.15) is 0 Å². The lowest BCUT2D eigenvalue weighted by Crippen LogP contribution is -2.41. The van der Waals surface area contributed by atoms with Crippen molar-refractivity contribution in [3.63, 3.8) is 0 Å². The number of nitrogens with zero attached hydrogens (tertiary/aromatic N) is 3. The molecule has 164 valence electrons. The Labute approximate surface area is 178 Å². The molecule has 0 spiro atoms. The molecule has 3 rings (SSSR count). The topological polar surface area (TPSA) is 76.5 Å². The van der Waals surface area contributed by atoms with Crippen LogP contribution in [0.1, 0.15) is 71.7 Å². The number of piperidine rings is 1. The highest BCUT2D eigenvalue weighted by Crippen LogP contribution is 2.31. The van der Waals surface area contributed by atoms with E-state index in [1.54, 1.807) is 0 Å². The zero-order valence-electron chi connectivity index (χ0n) is 18.8. The third-order valence-corrected chi connectivity index (χ3v) is 5.29.